The van der Waals surface area contributed by atoms with E-state index in [0.29, 0.717) is 11.4 Å². The third kappa shape index (κ3) is 3.06. The molecule has 4 rings (SSSR count). The quantitative estimate of drug-likeness (QED) is 0.579. The second-order valence-corrected chi connectivity index (χ2v) is 5.94. The second-order valence-electron chi connectivity index (χ2n) is 5.94. The summed E-state index contributed by atoms with van der Waals surface area (Å²) in [6.45, 7) is 0. The summed E-state index contributed by atoms with van der Waals surface area (Å²) in [5.41, 5.74) is 3.06. The van der Waals surface area contributed by atoms with Crippen LogP contribution in [0.3, 0.4) is 0 Å². The lowest BCUT2D eigenvalue weighted by molar-refractivity contribution is 0.388. The van der Waals surface area contributed by atoms with Crippen molar-refractivity contribution in [2.45, 2.75) is 0 Å². The van der Waals surface area contributed by atoms with E-state index in [1.54, 1.807) is 18.5 Å². The van der Waals surface area contributed by atoms with Crippen LogP contribution in [0.1, 0.15) is 0 Å². The Kier molecular flexibility index (Phi) is 4.38. The van der Waals surface area contributed by atoms with Gasteiger partial charge in [0.25, 0.3) is 0 Å². The Bertz CT molecular complexity index is 1120. The summed E-state index contributed by atoms with van der Waals surface area (Å²) in [7, 11) is 3.28. The van der Waals surface area contributed by atoms with Gasteiger partial charge in [-0.3, -0.25) is 4.98 Å². The van der Waals surface area contributed by atoms with Crippen molar-refractivity contribution >= 4 is 16.7 Å². The zero-order valence-electron chi connectivity index (χ0n) is 14.9. The van der Waals surface area contributed by atoms with E-state index in [0.717, 1.165) is 27.8 Å². The number of fused-ring (bicyclic) bond motifs is 1. The van der Waals surface area contributed by atoms with Crippen molar-refractivity contribution in [1.82, 2.24) is 15.0 Å². The molecule has 0 fully saturated rings. The number of rotatable bonds is 4. The number of halogens is 1. The van der Waals surface area contributed by atoms with Crippen LogP contribution in [-0.4, -0.2) is 29.1 Å². The summed E-state index contributed by atoms with van der Waals surface area (Å²) in [6.07, 6.45) is 3.43. The van der Waals surface area contributed by atoms with E-state index in [-0.39, 0.29) is 5.75 Å². The van der Waals surface area contributed by atoms with Gasteiger partial charge < -0.3 is 10.1 Å². The van der Waals surface area contributed by atoms with Crippen molar-refractivity contribution in [1.29, 1.82) is 0 Å². The lowest BCUT2D eigenvalue weighted by Crippen LogP contribution is -1.99. The minimum atomic E-state index is -0.398. The van der Waals surface area contributed by atoms with Gasteiger partial charge in [-0.25, -0.2) is 14.4 Å². The van der Waals surface area contributed by atoms with Crippen LogP contribution in [0.15, 0.2) is 60.9 Å². The molecule has 4 aromatic rings. The Morgan fingerprint density at radius 3 is 2.63 bits per heavy atom. The predicted octanol–water partition coefficient (Wildman–Crippen LogP) is 4.55. The Morgan fingerprint density at radius 2 is 1.89 bits per heavy atom. The number of nitrogens with zero attached hydrogens (tertiary/aromatic N) is 3. The van der Waals surface area contributed by atoms with Crippen LogP contribution in [0.2, 0.25) is 0 Å². The van der Waals surface area contributed by atoms with Crippen molar-refractivity contribution in [3.05, 3.63) is 66.7 Å². The summed E-state index contributed by atoms with van der Waals surface area (Å²) in [6, 6.07) is 14.4. The lowest BCUT2D eigenvalue weighted by atomic mass is 10.0. The summed E-state index contributed by atoms with van der Waals surface area (Å²) in [5, 5.41) is 3.99. The molecule has 27 heavy (non-hydrogen) atoms. The zero-order chi connectivity index (χ0) is 18.8. The average Bonchev–Trinajstić information content (AvgIpc) is 2.72. The number of methoxy groups -OCH3 is 1. The summed E-state index contributed by atoms with van der Waals surface area (Å²) < 4.78 is 19.3. The highest BCUT2D eigenvalue weighted by Gasteiger charge is 2.14. The van der Waals surface area contributed by atoms with Crippen molar-refractivity contribution in [3.63, 3.8) is 0 Å². The SMILES string of the molecule is CNc1nc(-c2cccnc2)nc2cc(-c3cccc(F)c3OC)ccc12. The molecule has 0 saturated heterocycles. The fraction of sp³-hybridized carbons (Fsp3) is 0.0952. The molecular weight excluding hydrogens is 343 g/mol. The highest BCUT2D eigenvalue weighted by Crippen LogP contribution is 2.35. The first-order valence-electron chi connectivity index (χ1n) is 8.44. The normalized spacial score (nSPS) is 10.8. The molecule has 0 spiro atoms. The van der Waals surface area contributed by atoms with Crippen molar-refractivity contribution < 1.29 is 9.13 Å². The molecule has 0 amide bonds. The lowest BCUT2D eigenvalue weighted by Gasteiger charge is -2.12. The van der Waals surface area contributed by atoms with Gasteiger partial charge >= 0.3 is 0 Å². The average molecular weight is 360 g/mol. The minimum Gasteiger partial charge on any atom is -0.493 e. The number of ether oxygens (including phenoxy) is 1. The molecule has 2 aromatic heterocycles. The van der Waals surface area contributed by atoms with Gasteiger partial charge in [-0.05, 0) is 35.9 Å². The van der Waals surface area contributed by atoms with E-state index in [9.17, 15) is 4.39 Å². The third-order valence-electron chi connectivity index (χ3n) is 4.34. The molecule has 0 aliphatic rings. The molecule has 0 atom stereocenters. The molecule has 0 unspecified atom stereocenters. The van der Waals surface area contributed by atoms with Gasteiger partial charge in [0.1, 0.15) is 5.82 Å². The Labute approximate surface area is 155 Å². The Morgan fingerprint density at radius 1 is 1.00 bits per heavy atom. The molecule has 0 aliphatic heterocycles. The number of para-hydroxylation sites is 1. The van der Waals surface area contributed by atoms with Gasteiger partial charge in [0.2, 0.25) is 0 Å². The number of nitrogens with one attached hydrogen (secondary N) is 1. The maximum atomic E-state index is 14.1. The van der Waals surface area contributed by atoms with Gasteiger partial charge in [-0.15, -0.1) is 0 Å². The third-order valence-corrected chi connectivity index (χ3v) is 4.34. The molecule has 6 heteroatoms. The predicted molar refractivity (Wildman–Crippen MR) is 104 cm³/mol. The van der Waals surface area contributed by atoms with E-state index in [1.165, 1.54) is 13.2 Å². The van der Waals surface area contributed by atoms with Crippen LogP contribution in [0.4, 0.5) is 10.2 Å². The molecule has 134 valence electrons. The fourth-order valence-electron chi connectivity index (χ4n) is 3.06. The summed E-state index contributed by atoms with van der Waals surface area (Å²) >= 11 is 0. The van der Waals surface area contributed by atoms with Crippen LogP contribution < -0.4 is 10.1 Å². The monoisotopic (exact) mass is 360 g/mol. The maximum absolute atomic E-state index is 14.1. The van der Waals surface area contributed by atoms with Crippen LogP contribution in [0.25, 0.3) is 33.4 Å². The molecule has 2 heterocycles. The standard InChI is InChI=1S/C21H17FN4O/c1-23-21-16-9-8-13(15-6-3-7-17(22)19(15)27-2)11-18(16)25-20(26-21)14-5-4-10-24-12-14/h3-12H,1-2H3,(H,23,25,26). The molecule has 0 bridgehead atoms. The van der Waals surface area contributed by atoms with E-state index in [4.69, 9.17) is 9.72 Å². The fourth-order valence-corrected chi connectivity index (χ4v) is 3.06. The topological polar surface area (TPSA) is 59.9 Å². The highest BCUT2D eigenvalue weighted by molar-refractivity contribution is 5.93. The largest absolute Gasteiger partial charge is 0.493 e. The van der Waals surface area contributed by atoms with Crippen molar-refractivity contribution in [2.24, 2.45) is 0 Å². The molecule has 0 aliphatic carbocycles. The first-order valence-corrected chi connectivity index (χ1v) is 8.44. The van der Waals surface area contributed by atoms with Gasteiger partial charge in [-0.2, -0.15) is 0 Å². The van der Waals surface area contributed by atoms with Gasteiger partial charge in [0.05, 0.1) is 12.6 Å². The molecule has 0 saturated carbocycles. The summed E-state index contributed by atoms with van der Waals surface area (Å²) in [4.78, 5) is 13.4. The number of aromatic nitrogens is 3. The minimum absolute atomic E-state index is 0.215. The number of hydrogen-bond acceptors (Lipinski definition) is 5. The smallest absolute Gasteiger partial charge is 0.165 e. The van der Waals surface area contributed by atoms with Gasteiger partial charge in [0, 0.05) is 36.0 Å². The van der Waals surface area contributed by atoms with Gasteiger partial charge in [-0.1, -0.05) is 18.2 Å². The van der Waals surface area contributed by atoms with Crippen molar-refractivity contribution in [3.8, 4) is 28.3 Å². The molecule has 2 aromatic carbocycles. The summed E-state index contributed by atoms with van der Waals surface area (Å²) in [5.74, 6) is 1.11. The van der Waals surface area contributed by atoms with Crippen LogP contribution in [-0.2, 0) is 0 Å². The zero-order valence-corrected chi connectivity index (χ0v) is 14.9. The number of pyridine rings is 1. The maximum Gasteiger partial charge on any atom is 0.165 e. The Hall–Kier alpha value is -3.54. The van der Waals surface area contributed by atoms with E-state index in [1.807, 2.05) is 43.4 Å². The number of benzene rings is 2. The number of anilines is 1. The van der Waals surface area contributed by atoms with E-state index in [2.05, 4.69) is 15.3 Å². The molecular formula is C21H17FN4O. The van der Waals surface area contributed by atoms with Crippen LogP contribution in [0, 0.1) is 5.82 Å². The molecule has 1 N–H and O–H groups in total. The first kappa shape index (κ1) is 16.9. The van der Waals surface area contributed by atoms with Crippen LogP contribution in [0.5, 0.6) is 5.75 Å². The second kappa shape index (κ2) is 6.99. The van der Waals surface area contributed by atoms with E-state index >= 15 is 0 Å². The first-order chi connectivity index (χ1) is 13.2. The molecule has 5 nitrogen and oxygen atoms in total. The Balaban J connectivity index is 1.93. The van der Waals surface area contributed by atoms with Crippen LogP contribution >= 0.6 is 0 Å². The molecule has 0 radical (unpaired) electrons. The van der Waals surface area contributed by atoms with Crippen molar-refractivity contribution in [2.75, 3.05) is 19.5 Å². The number of hydrogen-bond donors (Lipinski definition) is 1. The van der Waals surface area contributed by atoms with Gasteiger partial charge in [0.15, 0.2) is 17.4 Å². The van der Waals surface area contributed by atoms with E-state index < -0.39 is 5.82 Å². The highest BCUT2D eigenvalue weighted by atomic mass is 19.1.